The van der Waals surface area contributed by atoms with Gasteiger partial charge in [-0.15, -0.1) is 0 Å². The van der Waals surface area contributed by atoms with E-state index in [1.807, 2.05) is 45.9 Å². The first kappa shape index (κ1) is 30.7. The summed E-state index contributed by atoms with van der Waals surface area (Å²) in [7, 11) is 0. The number of para-hydroxylation sites is 1. The van der Waals surface area contributed by atoms with E-state index in [0.29, 0.717) is 32.4 Å². The van der Waals surface area contributed by atoms with Gasteiger partial charge >= 0.3 is 0 Å². The van der Waals surface area contributed by atoms with E-state index < -0.39 is 0 Å². The molecule has 0 bridgehead atoms. The molecule has 3 heterocycles. The van der Waals surface area contributed by atoms with Crippen LogP contribution in [0.25, 0.3) is 0 Å². The predicted molar refractivity (Wildman–Crippen MR) is 162 cm³/mol. The summed E-state index contributed by atoms with van der Waals surface area (Å²) in [6, 6.07) is 7.43. The molecule has 1 fully saturated rings. The smallest absolute Gasteiger partial charge is 0.267 e. The molecule has 2 aromatic heterocycles. The molecule has 1 saturated heterocycles. The molecule has 9 nitrogen and oxygen atoms in total. The van der Waals surface area contributed by atoms with Gasteiger partial charge in [-0.25, -0.2) is 15.0 Å². The van der Waals surface area contributed by atoms with Crippen LogP contribution in [0.5, 0.6) is 0 Å². The Bertz CT molecular complexity index is 1220. The first-order valence-corrected chi connectivity index (χ1v) is 14.5. The van der Waals surface area contributed by atoms with Gasteiger partial charge in [0.1, 0.15) is 22.3 Å². The maximum atomic E-state index is 12.8. The summed E-state index contributed by atoms with van der Waals surface area (Å²) in [6.45, 7) is 19.4. The second-order valence-corrected chi connectivity index (χ2v) is 11.4. The van der Waals surface area contributed by atoms with Crippen LogP contribution in [0.4, 0.5) is 22.5 Å². The molecule has 0 spiro atoms. The summed E-state index contributed by atoms with van der Waals surface area (Å²) in [5, 5.41) is 7.19. The predicted octanol–water partition coefficient (Wildman–Crippen LogP) is 6.16. The number of rotatable bonds is 8. The molecule has 0 aliphatic carbocycles. The van der Waals surface area contributed by atoms with E-state index in [9.17, 15) is 4.79 Å². The van der Waals surface area contributed by atoms with E-state index in [0.717, 1.165) is 50.7 Å². The molecule has 4 rings (SSSR count). The highest BCUT2D eigenvalue weighted by atomic mass is 35.5. The lowest BCUT2D eigenvalue weighted by molar-refractivity contribution is -0.0135. The topological polar surface area (TPSA) is 95.5 Å². The lowest BCUT2D eigenvalue weighted by Gasteiger charge is -2.36. The van der Waals surface area contributed by atoms with Crippen LogP contribution in [0.3, 0.4) is 0 Å². The lowest BCUT2D eigenvalue weighted by atomic mass is 10.2. The molecule has 1 aliphatic rings. The number of nitrogens with one attached hydrogen (secondary N) is 2. The fraction of sp³-hybridized carbons (Fsp3) is 0.500. The van der Waals surface area contributed by atoms with Crippen LogP contribution in [-0.4, -0.2) is 70.7 Å². The standard InChI is InChI=1S/C26H34ClN7O2S.C2H6/c1-17-7-6-8-19(27)23(17)32-24(35)20-16-28-25(37-20)31-21-15-22(30-18(2)29-21)34-11-9-33(10-12-34)13-14-36-26(3,4)5;1-2/h6-8,15-16H,9-14H2,1-5H3,(H,32,35)(H,28,29,30,31);1-2H3. The normalized spacial score (nSPS) is 14.0. The fourth-order valence-electron chi connectivity index (χ4n) is 3.97. The van der Waals surface area contributed by atoms with Gasteiger partial charge in [0.15, 0.2) is 5.13 Å². The Labute approximate surface area is 241 Å². The zero-order chi connectivity index (χ0) is 28.6. The molecule has 0 atom stereocenters. The highest BCUT2D eigenvalue weighted by molar-refractivity contribution is 7.17. The average molecular weight is 574 g/mol. The van der Waals surface area contributed by atoms with Crippen molar-refractivity contribution in [1.82, 2.24) is 19.9 Å². The van der Waals surface area contributed by atoms with Crippen molar-refractivity contribution >= 4 is 51.3 Å². The Morgan fingerprint density at radius 3 is 2.51 bits per heavy atom. The minimum atomic E-state index is -0.257. The number of aromatic nitrogens is 3. The van der Waals surface area contributed by atoms with Crippen LogP contribution in [0.15, 0.2) is 30.5 Å². The molecule has 2 N–H and O–H groups in total. The highest BCUT2D eigenvalue weighted by Crippen LogP contribution is 2.28. The van der Waals surface area contributed by atoms with Crippen LogP contribution in [-0.2, 0) is 4.74 Å². The van der Waals surface area contributed by atoms with Crippen molar-refractivity contribution in [3.8, 4) is 0 Å². The van der Waals surface area contributed by atoms with Gasteiger partial charge in [0.2, 0.25) is 0 Å². The van der Waals surface area contributed by atoms with Gasteiger partial charge in [0, 0.05) is 38.8 Å². The number of nitrogens with zero attached hydrogens (tertiary/aromatic N) is 5. The minimum absolute atomic E-state index is 0.111. The summed E-state index contributed by atoms with van der Waals surface area (Å²) in [5.74, 6) is 1.94. The van der Waals surface area contributed by atoms with Gasteiger partial charge in [-0.1, -0.05) is 48.9 Å². The van der Waals surface area contributed by atoms with Crippen LogP contribution < -0.4 is 15.5 Å². The van der Waals surface area contributed by atoms with Crippen LogP contribution in [0.1, 0.15) is 55.7 Å². The van der Waals surface area contributed by atoms with Crippen LogP contribution >= 0.6 is 22.9 Å². The van der Waals surface area contributed by atoms with Crippen molar-refractivity contribution in [2.24, 2.45) is 0 Å². The Hall–Kier alpha value is -2.79. The molecular weight excluding hydrogens is 534 g/mol. The SMILES string of the molecule is CC.Cc1nc(Nc2ncc(C(=O)Nc3c(C)cccc3Cl)s2)cc(N2CCN(CCOC(C)(C)C)CC2)n1. The number of carbonyl (C=O) groups excluding carboxylic acids is 1. The first-order valence-electron chi connectivity index (χ1n) is 13.3. The summed E-state index contributed by atoms with van der Waals surface area (Å²) < 4.78 is 5.87. The number of anilines is 4. The van der Waals surface area contributed by atoms with E-state index in [4.69, 9.17) is 16.3 Å². The molecular formula is C28H40ClN7O2S. The van der Waals surface area contributed by atoms with E-state index in [-0.39, 0.29) is 11.5 Å². The van der Waals surface area contributed by atoms with Crippen LogP contribution in [0.2, 0.25) is 5.02 Å². The van der Waals surface area contributed by atoms with Crippen molar-refractivity contribution in [3.05, 3.63) is 51.7 Å². The summed E-state index contributed by atoms with van der Waals surface area (Å²) in [6.07, 6.45) is 1.55. The number of amides is 1. The zero-order valence-corrected chi connectivity index (χ0v) is 25.5. The van der Waals surface area contributed by atoms with Gasteiger partial charge in [-0.05, 0) is 46.2 Å². The first-order chi connectivity index (χ1) is 18.6. The summed E-state index contributed by atoms with van der Waals surface area (Å²) >= 11 is 7.50. The number of aryl methyl sites for hydroxylation is 2. The maximum absolute atomic E-state index is 12.8. The van der Waals surface area contributed by atoms with Crippen molar-refractivity contribution in [1.29, 1.82) is 0 Å². The molecule has 0 saturated carbocycles. The van der Waals surface area contributed by atoms with E-state index in [1.165, 1.54) is 11.3 Å². The Morgan fingerprint density at radius 1 is 1.13 bits per heavy atom. The molecule has 1 aromatic carbocycles. The van der Waals surface area contributed by atoms with Crippen molar-refractivity contribution < 1.29 is 9.53 Å². The second-order valence-electron chi connectivity index (χ2n) is 9.99. The van der Waals surface area contributed by atoms with E-state index in [1.54, 1.807) is 12.3 Å². The molecule has 39 heavy (non-hydrogen) atoms. The number of piperazine rings is 1. The quantitative estimate of drug-likeness (QED) is 0.331. The van der Waals surface area contributed by atoms with Crippen molar-refractivity contribution in [2.75, 3.05) is 54.9 Å². The largest absolute Gasteiger partial charge is 0.375 e. The zero-order valence-electron chi connectivity index (χ0n) is 24.0. The van der Waals surface area contributed by atoms with Gasteiger partial charge < -0.3 is 20.3 Å². The molecule has 1 amide bonds. The number of benzene rings is 1. The Morgan fingerprint density at radius 2 is 1.85 bits per heavy atom. The van der Waals surface area contributed by atoms with E-state index >= 15 is 0 Å². The molecule has 3 aromatic rings. The number of halogens is 1. The minimum Gasteiger partial charge on any atom is -0.375 e. The second kappa shape index (κ2) is 14.0. The van der Waals surface area contributed by atoms with Gasteiger partial charge in [-0.2, -0.15) is 0 Å². The van der Waals surface area contributed by atoms with Crippen molar-refractivity contribution in [2.45, 2.75) is 54.1 Å². The molecule has 0 radical (unpaired) electrons. The number of hydrogen-bond acceptors (Lipinski definition) is 9. The number of carbonyl (C=O) groups is 1. The molecule has 212 valence electrons. The fourth-order valence-corrected chi connectivity index (χ4v) is 4.96. The van der Waals surface area contributed by atoms with Crippen molar-refractivity contribution in [3.63, 3.8) is 0 Å². The van der Waals surface area contributed by atoms with Gasteiger partial charge in [0.25, 0.3) is 5.91 Å². The molecule has 1 aliphatic heterocycles. The van der Waals surface area contributed by atoms with Gasteiger partial charge in [0.05, 0.1) is 29.1 Å². The summed E-state index contributed by atoms with van der Waals surface area (Å²) in [4.78, 5) is 31.5. The average Bonchev–Trinajstić information content (AvgIpc) is 3.35. The lowest BCUT2D eigenvalue weighted by Crippen LogP contribution is -2.48. The van der Waals surface area contributed by atoms with Gasteiger partial charge in [-0.3, -0.25) is 9.69 Å². The summed E-state index contributed by atoms with van der Waals surface area (Å²) in [5.41, 5.74) is 1.39. The highest BCUT2D eigenvalue weighted by Gasteiger charge is 2.20. The number of hydrogen-bond donors (Lipinski definition) is 2. The monoisotopic (exact) mass is 573 g/mol. The van der Waals surface area contributed by atoms with E-state index in [2.05, 4.69) is 56.2 Å². The molecule has 0 unspecified atom stereocenters. The third-order valence-corrected chi connectivity index (χ3v) is 7.11. The third-order valence-electron chi connectivity index (χ3n) is 5.89. The third kappa shape index (κ3) is 9.13. The number of thiazole rings is 1. The maximum Gasteiger partial charge on any atom is 0.267 e. The Kier molecular flexibility index (Phi) is 11.1. The number of ether oxygens (including phenoxy) is 1. The molecule has 11 heteroatoms. The Balaban J connectivity index is 0.00000205. The van der Waals surface area contributed by atoms with Crippen LogP contribution in [0, 0.1) is 13.8 Å².